The Labute approximate surface area is 168 Å². The molecular formula is C25H30O3. The van der Waals surface area contributed by atoms with Gasteiger partial charge in [-0.15, -0.1) is 0 Å². The lowest BCUT2D eigenvalue weighted by molar-refractivity contribution is -0.137. The summed E-state index contributed by atoms with van der Waals surface area (Å²) < 4.78 is 5.09. The zero-order chi connectivity index (χ0) is 19.9. The van der Waals surface area contributed by atoms with E-state index in [-0.39, 0.29) is 13.2 Å². The summed E-state index contributed by atoms with van der Waals surface area (Å²) in [5, 5.41) is 9.61. The lowest BCUT2D eigenvalue weighted by Crippen LogP contribution is -2.10. The maximum Gasteiger partial charge on any atom is 0.330 e. The highest BCUT2D eigenvalue weighted by atomic mass is 16.5. The van der Waals surface area contributed by atoms with Crippen LogP contribution in [0.4, 0.5) is 0 Å². The molecule has 28 heavy (non-hydrogen) atoms. The Kier molecular flexibility index (Phi) is 7.05. The molecule has 1 aliphatic rings. The number of carbonyl (C=O) groups is 1. The minimum Gasteiger partial charge on any atom is -0.462 e. The number of hydrogen-bond donors (Lipinski definition) is 1. The van der Waals surface area contributed by atoms with Crippen molar-refractivity contribution in [1.82, 2.24) is 0 Å². The van der Waals surface area contributed by atoms with Crippen LogP contribution >= 0.6 is 0 Å². The summed E-state index contributed by atoms with van der Waals surface area (Å²) in [5.41, 5.74) is 5.60. The van der Waals surface area contributed by atoms with Gasteiger partial charge in [0.1, 0.15) is 0 Å². The highest BCUT2D eigenvalue weighted by Crippen LogP contribution is 2.36. The molecule has 0 aliphatic heterocycles. The number of esters is 1. The molecule has 1 fully saturated rings. The topological polar surface area (TPSA) is 46.5 Å². The van der Waals surface area contributed by atoms with E-state index in [1.54, 1.807) is 0 Å². The van der Waals surface area contributed by atoms with E-state index in [4.69, 9.17) is 4.74 Å². The molecule has 0 aromatic heterocycles. The lowest BCUT2D eigenvalue weighted by Gasteiger charge is -2.26. The minimum atomic E-state index is -0.422. The van der Waals surface area contributed by atoms with Crippen molar-refractivity contribution in [1.29, 1.82) is 0 Å². The summed E-state index contributed by atoms with van der Waals surface area (Å²) in [5.74, 6) is 1.14. The van der Waals surface area contributed by atoms with Gasteiger partial charge in [0.25, 0.3) is 0 Å². The molecule has 0 amide bonds. The second-order valence-corrected chi connectivity index (χ2v) is 7.84. The van der Waals surface area contributed by atoms with Crippen molar-refractivity contribution in [2.24, 2.45) is 5.92 Å². The second-order valence-electron chi connectivity index (χ2n) is 7.84. The van der Waals surface area contributed by atoms with E-state index in [1.807, 2.05) is 12.1 Å². The lowest BCUT2D eigenvalue weighted by atomic mass is 9.79. The highest BCUT2D eigenvalue weighted by Gasteiger charge is 2.19. The molecule has 3 rings (SSSR count). The molecule has 3 heteroatoms. The molecular weight excluding hydrogens is 348 g/mol. The molecule has 0 spiro atoms. The summed E-state index contributed by atoms with van der Waals surface area (Å²) >= 11 is 0. The quantitative estimate of drug-likeness (QED) is 0.517. The van der Waals surface area contributed by atoms with Gasteiger partial charge in [-0.2, -0.15) is 0 Å². The van der Waals surface area contributed by atoms with E-state index in [9.17, 15) is 9.90 Å². The van der Waals surface area contributed by atoms with Crippen molar-refractivity contribution in [2.75, 3.05) is 6.61 Å². The molecule has 0 bridgehead atoms. The van der Waals surface area contributed by atoms with Crippen LogP contribution in [0.5, 0.6) is 0 Å². The average molecular weight is 379 g/mol. The van der Waals surface area contributed by atoms with Crippen LogP contribution in [0.2, 0.25) is 0 Å². The molecule has 0 radical (unpaired) electrons. The first-order valence-electron chi connectivity index (χ1n) is 10.2. The SMILES string of the molecule is C=CC(=O)OCCc1cc(-c2ccc(C3CCC(C)CC3)cc2)ccc1CO. The van der Waals surface area contributed by atoms with Gasteiger partial charge in [-0.1, -0.05) is 68.8 Å². The van der Waals surface area contributed by atoms with E-state index in [2.05, 4.69) is 43.8 Å². The first-order chi connectivity index (χ1) is 13.6. The third-order valence-corrected chi connectivity index (χ3v) is 5.89. The number of ether oxygens (including phenoxy) is 1. The maximum atomic E-state index is 11.2. The van der Waals surface area contributed by atoms with Crippen molar-refractivity contribution in [3.63, 3.8) is 0 Å². The maximum absolute atomic E-state index is 11.2. The fourth-order valence-electron chi connectivity index (χ4n) is 4.05. The van der Waals surface area contributed by atoms with Gasteiger partial charge in [0, 0.05) is 12.5 Å². The van der Waals surface area contributed by atoms with Gasteiger partial charge in [-0.05, 0) is 52.5 Å². The molecule has 0 unspecified atom stereocenters. The van der Waals surface area contributed by atoms with Crippen molar-refractivity contribution in [3.8, 4) is 11.1 Å². The largest absolute Gasteiger partial charge is 0.462 e. The number of aliphatic hydroxyl groups excluding tert-OH is 1. The van der Waals surface area contributed by atoms with Crippen LogP contribution < -0.4 is 0 Å². The van der Waals surface area contributed by atoms with Crippen LogP contribution in [0.15, 0.2) is 55.1 Å². The second kappa shape index (κ2) is 9.70. The molecule has 3 nitrogen and oxygen atoms in total. The Morgan fingerprint density at radius 2 is 1.75 bits per heavy atom. The monoisotopic (exact) mass is 378 g/mol. The van der Waals surface area contributed by atoms with Crippen molar-refractivity contribution in [2.45, 2.75) is 51.6 Å². The normalized spacial score (nSPS) is 19.2. The van der Waals surface area contributed by atoms with E-state index < -0.39 is 5.97 Å². The number of hydrogen-bond acceptors (Lipinski definition) is 3. The van der Waals surface area contributed by atoms with Crippen LogP contribution in [0.25, 0.3) is 11.1 Å². The Morgan fingerprint density at radius 1 is 1.07 bits per heavy atom. The molecule has 2 aromatic rings. The molecule has 0 saturated heterocycles. The van der Waals surface area contributed by atoms with Gasteiger partial charge in [0.15, 0.2) is 0 Å². The molecule has 0 heterocycles. The van der Waals surface area contributed by atoms with Gasteiger partial charge < -0.3 is 9.84 Å². The Balaban J connectivity index is 1.72. The van der Waals surface area contributed by atoms with Crippen molar-refractivity contribution in [3.05, 3.63) is 71.8 Å². The van der Waals surface area contributed by atoms with Crippen LogP contribution in [0.1, 0.15) is 55.2 Å². The van der Waals surface area contributed by atoms with Gasteiger partial charge in [0.05, 0.1) is 13.2 Å². The summed E-state index contributed by atoms with van der Waals surface area (Å²) in [6.45, 7) is 6.01. The van der Waals surface area contributed by atoms with Crippen molar-refractivity contribution >= 4 is 5.97 Å². The molecule has 1 N–H and O–H groups in total. The number of aliphatic hydroxyl groups is 1. The van der Waals surface area contributed by atoms with E-state index in [0.29, 0.717) is 12.3 Å². The fraction of sp³-hybridized carbons (Fsp3) is 0.400. The van der Waals surface area contributed by atoms with E-state index >= 15 is 0 Å². The minimum absolute atomic E-state index is 0.0238. The standard InChI is InChI=1S/C25H30O3/c1-3-25(27)28-15-14-23-16-22(12-13-24(23)17-26)21-10-8-20(9-11-21)19-6-4-18(2)5-7-19/h3,8-13,16,18-19,26H,1,4-7,14-15,17H2,2H3. The number of benzene rings is 2. The molecule has 2 aromatic carbocycles. The van der Waals surface area contributed by atoms with Crippen LogP contribution in [-0.2, 0) is 22.6 Å². The third kappa shape index (κ3) is 5.11. The molecule has 1 aliphatic carbocycles. The van der Waals surface area contributed by atoms with Gasteiger partial charge in [0.2, 0.25) is 0 Å². The molecule has 148 valence electrons. The summed E-state index contributed by atoms with van der Waals surface area (Å²) in [6, 6.07) is 15.0. The highest BCUT2D eigenvalue weighted by molar-refractivity contribution is 5.81. The van der Waals surface area contributed by atoms with Crippen molar-refractivity contribution < 1.29 is 14.6 Å². The number of rotatable bonds is 7. The van der Waals surface area contributed by atoms with Crippen LogP contribution in [-0.4, -0.2) is 17.7 Å². The van der Waals surface area contributed by atoms with E-state index in [1.165, 1.54) is 36.8 Å². The van der Waals surface area contributed by atoms with Crippen LogP contribution in [0.3, 0.4) is 0 Å². The molecule has 0 atom stereocenters. The Morgan fingerprint density at radius 3 is 2.39 bits per heavy atom. The summed E-state index contributed by atoms with van der Waals surface area (Å²) in [7, 11) is 0. The first-order valence-corrected chi connectivity index (χ1v) is 10.2. The Hall–Kier alpha value is -2.39. The summed E-state index contributed by atoms with van der Waals surface area (Å²) in [4.78, 5) is 11.2. The van der Waals surface area contributed by atoms with Gasteiger partial charge in [-0.25, -0.2) is 4.79 Å². The molecule has 1 saturated carbocycles. The average Bonchev–Trinajstić information content (AvgIpc) is 2.74. The summed E-state index contributed by atoms with van der Waals surface area (Å²) in [6.07, 6.45) is 6.97. The fourth-order valence-corrected chi connectivity index (χ4v) is 4.05. The zero-order valence-electron chi connectivity index (χ0n) is 16.7. The predicted octanol–water partition coefficient (Wildman–Crippen LogP) is 5.41. The third-order valence-electron chi connectivity index (χ3n) is 5.89. The Bertz CT molecular complexity index is 799. The van der Waals surface area contributed by atoms with E-state index in [0.717, 1.165) is 28.7 Å². The zero-order valence-corrected chi connectivity index (χ0v) is 16.7. The van der Waals surface area contributed by atoms with Gasteiger partial charge in [-0.3, -0.25) is 0 Å². The van der Waals surface area contributed by atoms with Gasteiger partial charge >= 0.3 is 5.97 Å². The first kappa shape index (κ1) is 20.3. The predicted molar refractivity (Wildman–Crippen MR) is 113 cm³/mol. The number of carbonyl (C=O) groups excluding carboxylic acids is 1. The van der Waals surface area contributed by atoms with Crippen LogP contribution in [0, 0.1) is 5.92 Å². The smallest absolute Gasteiger partial charge is 0.330 e.